The first kappa shape index (κ1) is 23.5. The number of ether oxygens (including phenoxy) is 3. The normalized spacial score (nSPS) is 41.3. The predicted octanol–water partition coefficient (Wildman–Crippen LogP) is 1.39. The van der Waals surface area contributed by atoms with Gasteiger partial charge in [0, 0.05) is 17.4 Å². The van der Waals surface area contributed by atoms with Crippen molar-refractivity contribution in [1.82, 2.24) is 0 Å². The van der Waals surface area contributed by atoms with Crippen LogP contribution >= 0.6 is 0 Å². The number of ketones is 1. The second-order valence-corrected chi connectivity index (χ2v) is 10.4. The van der Waals surface area contributed by atoms with Gasteiger partial charge in [-0.25, -0.2) is 4.79 Å². The fourth-order valence-corrected chi connectivity index (χ4v) is 6.98. The quantitative estimate of drug-likeness (QED) is 0.507. The van der Waals surface area contributed by atoms with Crippen molar-refractivity contribution >= 4 is 11.8 Å². The molecule has 1 heterocycles. The molecular formula is C25H32O9. The second kappa shape index (κ2) is 8.48. The number of hydrogen-bond acceptors (Lipinski definition) is 8. The highest BCUT2D eigenvalue weighted by atomic mass is 16.7. The lowest BCUT2D eigenvalue weighted by Gasteiger charge is -2.48. The fraction of sp³-hybridized carbons (Fsp3) is 0.680. The molecule has 9 atom stereocenters. The molecule has 3 aliphatic carbocycles. The zero-order valence-corrected chi connectivity index (χ0v) is 19.3. The number of aliphatic hydroxyl groups is 3. The Morgan fingerprint density at radius 2 is 1.85 bits per heavy atom. The van der Waals surface area contributed by atoms with Crippen LogP contribution in [0, 0.1) is 17.3 Å². The molecule has 0 bridgehead atoms. The molecule has 1 aromatic carbocycles. The molecule has 34 heavy (non-hydrogen) atoms. The van der Waals surface area contributed by atoms with Crippen molar-refractivity contribution in [2.45, 2.75) is 82.1 Å². The van der Waals surface area contributed by atoms with Crippen LogP contribution < -0.4 is 9.47 Å². The molecule has 4 aliphatic rings. The van der Waals surface area contributed by atoms with Crippen molar-refractivity contribution in [2.24, 2.45) is 17.3 Å². The maximum Gasteiger partial charge on any atom is 0.335 e. The lowest BCUT2D eigenvalue weighted by atomic mass is 9.55. The van der Waals surface area contributed by atoms with Crippen LogP contribution in [0.2, 0.25) is 0 Å². The third-order valence-corrected chi connectivity index (χ3v) is 8.79. The topological polar surface area (TPSA) is 143 Å². The van der Waals surface area contributed by atoms with Gasteiger partial charge in [-0.05, 0) is 61.5 Å². The molecule has 1 aliphatic heterocycles. The van der Waals surface area contributed by atoms with E-state index in [4.69, 9.17) is 14.2 Å². The number of rotatable bonds is 4. The Kier molecular flexibility index (Phi) is 5.87. The maximum atomic E-state index is 12.6. The largest absolute Gasteiger partial charge is 0.493 e. The lowest BCUT2D eigenvalue weighted by Crippen LogP contribution is -2.61. The van der Waals surface area contributed by atoms with E-state index in [1.54, 1.807) is 6.07 Å². The summed E-state index contributed by atoms with van der Waals surface area (Å²) in [5.74, 6) is 0.890. The maximum absolute atomic E-state index is 12.6. The van der Waals surface area contributed by atoms with Gasteiger partial charge >= 0.3 is 5.97 Å². The molecule has 5 rings (SSSR count). The molecule has 0 radical (unpaired) electrons. The van der Waals surface area contributed by atoms with E-state index in [-0.39, 0.29) is 11.2 Å². The second-order valence-electron chi connectivity index (χ2n) is 10.4. The molecule has 186 valence electrons. The number of carbonyl (C=O) groups excluding carboxylic acids is 1. The first-order valence-corrected chi connectivity index (χ1v) is 12.0. The zero-order valence-electron chi connectivity index (χ0n) is 19.3. The van der Waals surface area contributed by atoms with Crippen molar-refractivity contribution in [2.75, 3.05) is 7.11 Å². The number of hydrogen-bond donors (Lipinski definition) is 4. The van der Waals surface area contributed by atoms with E-state index in [9.17, 15) is 30.0 Å². The van der Waals surface area contributed by atoms with E-state index in [1.807, 2.05) is 6.07 Å². The van der Waals surface area contributed by atoms with Crippen LogP contribution in [0.5, 0.6) is 11.5 Å². The number of carboxylic acid groups (broad SMARTS) is 1. The van der Waals surface area contributed by atoms with Gasteiger partial charge in [-0.2, -0.15) is 0 Å². The zero-order chi connectivity index (χ0) is 24.4. The molecule has 2 saturated carbocycles. The number of carbonyl (C=O) groups is 2. The Hall–Kier alpha value is -2.20. The van der Waals surface area contributed by atoms with E-state index in [0.29, 0.717) is 35.7 Å². The highest BCUT2D eigenvalue weighted by Gasteiger charge is 2.55. The van der Waals surface area contributed by atoms with Crippen molar-refractivity contribution in [3.05, 3.63) is 23.3 Å². The van der Waals surface area contributed by atoms with Gasteiger partial charge in [0.25, 0.3) is 0 Å². The van der Waals surface area contributed by atoms with E-state index in [2.05, 4.69) is 6.92 Å². The average molecular weight is 477 g/mol. The van der Waals surface area contributed by atoms with Gasteiger partial charge in [-0.15, -0.1) is 0 Å². The van der Waals surface area contributed by atoms with Crippen LogP contribution in [-0.2, 0) is 20.7 Å². The molecule has 0 aromatic heterocycles. The summed E-state index contributed by atoms with van der Waals surface area (Å²) >= 11 is 0. The Bertz CT molecular complexity index is 993. The van der Waals surface area contributed by atoms with E-state index >= 15 is 0 Å². The number of carboxylic acids is 1. The Labute approximate surface area is 197 Å². The first-order valence-electron chi connectivity index (χ1n) is 12.0. The number of fused-ring (bicyclic) bond motifs is 5. The van der Waals surface area contributed by atoms with E-state index < -0.39 is 36.7 Å². The van der Waals surface area contributed by atoms with Crippen LogP contribution in [-0.4, -0.2) is 70.0 Å². The monoisotopic (exact) mass is 476 g/mol. The molecule has 0 unspecified atom stereocenters. The summed E-state index contributed by atoms with van der Waals surface area (Å²) in [6.45, 7) is 2.14. The minimum atomic E-state index is -1.78. The Balaban J connectivity index is 1.42. The van der Waals surface area contributed by atoms with Crippen LogP contribution in [0.3, 0.4) is 0 Å². The summed E-state index contributed by atoms with van der Waals surface area (Å²) in [5, 5.41) is 39.6. The minimum absolute atomic E-state index is 0.202. The number of benzene rings is 1. The molecule has 3 fully saturated rings. The predicted molar refractivity (Wildman–Crippen MR) is 118 cm³/mol. The van der Waals surface area contributed by atoms with Gasteiger partial charge in [0.15, 0.2) is 17.6 Å². The van der Waals surface area contributed by atoms with Gasteiger partial charge in [-0.3, -0.25) is 4.79 Å². The van der Waals surface area contributed by atoms with Crippen LogP contribution in [0.25, 0.3) is 0 Å². The molecule has 0 amide bonds. The summed E-state index contributed by atoms with van der Waals surface area (Å²) in [5.41, 5.74) is 1.99. The third kappa shape index (κ3) is 3.44. The molecular weight excluding hydrogens is 444 g/mol. The third-order valence-electron chi connectivity index (χ3n) is 8.79. The first-order chi connectivity index (χ1) is 16.2. The van der Waals surface area contributed by atoms with Crippen molar-refractivity contribution in [3.63, 3.8) is 0 Å². The van der Waals surface area contributed by atoms with Crippen molar-refractivity contribution in [3.8, 4) is 11.5 Å². The highest BCUT2D eigenvalue weighted by Crippen LogP contribution is 2.60. The van der Waals surface area contributed by atoms with Gasteiger partial charge in [0.1, 0.15) is 24.1 Å². The van der Waals surface area contributed by atoms with Crippen molar-refractivity contribution < 1.29 is 44.2 Å². The van der Waals surface area contributed by atoms with Crippen molar-refractivity contribution in [1.29, 1.82) is 0 Å². The van der Waals surface area contributed by atoms with Gasteiger partial charge in [-0.1, -0.05) is 13.0 Å². The molecule has 9 heteroatoms. The molecule has 1 saturated heterocycles. The fourth-order valence-electron chi connectivity index (χ4n) is 6.98. The Morgan fingerprint density at radius 1 is 1.09 bits per heavy atom. The van der Waals surface area contributed by atoms with Gasteiger partial charge in [0.05, 0.1) is 7.11 Å². The van der Waals surface area contributed by atoms with Crippen LogP contribution in [0.4, 0.5) is 0 Å². The molecule has 1 aromatic rings. The summed E-state index contributed by atoms with van der Waals surface area (Å²) in [7, 11) is 1.53. The minimum Gasteiger partial charge on any atom is -0.493 e. The highest BCUT2D eigenvalue weighted by molar-refractivity contribution is 5.87. The standard InChI is InChI=1S/C25H32O9/c1-25-10-9-12-11-5-7-16(33-24-20(29)18(27)19(28)22(34-24)23(30)31)21(32-2)14(11)4-3-13(12)15(25)6-8-17(25)26/h5,7,12-13,15,18-20,22,24,27-29H,3-4,6,8-10H2,1-2H3,(H,30,31)/t12-,13-,15+,18+,19+,20-,22+,24-,25+/m1/s1. The SMILES string of the molecule is COc1c(O[C@@H]2O[C@H](C(=O)O)[C@@H](O)[C@H](O)[C@H]2O)ccc2c1CC[C@@H]1[C@@H]2CC[C@]2(C)C(=O)CC[C@@H]12. The van der Waals surface area contributed by atoms with E-state index in [1.165, 1.54) is 12.7 Å². The molecule has 9 nitrogen and oxygen atoms in total. The van der Waals surface area contributed by atoms with Crippen LogP contribution in [0.1, 0.15) is 56.1 Å². The Morgan fingerprint density at radius 3 is 2.56 bits per heavy atom. The van der Waals surface area contributed by atoms with Gasteiger partial charge in [0.2, 0.25) is 6.29 Å². The number of aliphatic hydroxyl groups excluding tert-OH is 3. The van der Waals surface area contributed by atoms with E-state index in [0.717, 1.165) is 37.7 Å². The summed E-state index contributed by atoms with van der Waals surface area (Å²) < 4.78 is 16.8. The van der Waals surface area contributed by atoms with Gasteiger partial charge < -0.3 is 34.6 Å². The summed E-state index contributed by atoms with van der Waals surface area (Å²) in [6, 6.07) is 3.70. The summed E-state index contributed by atoms with van der Waals surface area (Å²) in [6.07, 6.45) is -3.25. The number of methoxy groups -OCH3 is 1. The average Bonchev–Trinajstić information content (AvgIpc) is 3.13. The number of aliphatic carboxylic acids is 1. The molecule has 4 N–H and O–H groups in total. The number of Topliss-reactive ketones (excluding diaryl/α,β-unsaturated/α-hetero) is 1. The summed E-state index contributed by atoms with van der Waals surface area (Å²) in [4.78, 5) is 24.0. The molecule has 0 spiro atoms. The smallest absolute Gasteiger partial charge is 0.335 e. The lowest BCUT2D eigenvalue weighted by molar-refractivity contribution is -0.271. The van der Waals surface area contributed by atoms with Crippen LogP contribution in [0.15, 0.2) is 12.1 Å².